The van der Waals surface area contributed by atoms with E-state index >= 15 is 0 Å². The molecule has 0 spiro atoms. The first-order chi connectivity index (χ1) is 15.6. The lowest BCUT2D eigenvalue weighted by atomic mass is 9.61. The molecule has 0 aromatic heterocycles. The van der Waals surface area contributed by atoms with E-state index in [9.17, 15) is 13.5 Å². The van der Waals surface area contributed by atoms with Crippen LogP contribution >= 0.6 is 0 Å². The summed E-state index contributed by atoms with van der Waals surface area (Å²) in [5.41, 5.74) is 4.17. The molecule has 184 valence electrons. The zero-order chi connectivity index (χ0) is 23.5. The summed E-state index contributed by atoms with van der Waals surface area (Å²) in [6.45, 7) is 9.31. The van der Waals surface area contributed by atoms with Crippen LogP contribution in [0.3, 0.4) is 0 Å². The molecule has 0 aromatic rings. The Labute approximate surface area is 201 Å². The molecule has 1 aliphatic heterocycles. The van der Waals surface area contributed by atoms with Crippen LogP contribution in [0.1, 0.15) is 85.5 Å². The van der Waals surface area contributed by atoms with Crippen molar-refractivity contribution in [2.45, 2.75) is 96.8 Å². The van der Waals surface area contributed by atoms with E-state index < -0.39 is 9.84 Å². The highest BCUT2D eigenvalue weighted by Crippen LogP contribution is 2.60. The van der Waals surface area contributed by atoms with Crippen LogP contribution < -0.4 is 0 Å². The molecule has 0 bridgehead atoms. The summed E-state index contributed by atoms with van der Waals surface area (Å²) in [6.07, 6.45) is 16.6. The molecule has 4 heteroatoms. The van der Waals surface area contributed by atoms with Crippen LogP contribution in [0.15, 0.2) is 34.9 Å². The van der Waals surface area contributed by atoms with Gasteiger partial charge in [-0.3, -0.25) is 0 Å². The third-order valence-corrected chi connectivity index (χ3v) is 12.1. The van der Waals surface area contributed by atoms with Crippen LogP contribution in [0.4, 0.5) is 0 Å². The van der Waals surface area contributed by atoms with E-state index in [-0.39, 0.29) is 16.8 Å². The molecule has 0 unspecified atom stereocenters. The molecule has 3 saturated carbocycles. The fourth-order valence-corrected chi connectivity index (χ4v) is 10.4. The van der Waals surface area contributed by atoms with Gasteiger partial charge in [-0.2, -0.15) is 0 Å². The third-order valence-electron chi connectivity index (χ3n) is 10.2. The first-order valence-corrected chi connectivity index (χ1v) is 15.3. The highest BCUT2D eigenvalue weighted by molar-refractivity contribution is 7.92. The van der Waals surface area contributed by atoms with Crippen molar-refractivity contribution in [2.24, 2.45) is 40.9 Å². The smallest absolute Gasteiger partial charge is 0.164 e. The maximum atomic E-state index is 13.3. The van der Waals surface area contributed by atoms with Gasteiger partial charge in [-0.05, 0) is 104 Å². The van der Waals surface area contributed by atoms with E-state index in [4.69, 9.17) is 0 Å². The van der Waals surface area contributed by atoms with Crippen LogP contribution in [0.2, 0.25) is 0 Å². The minimum atomic E-state index is -3.11. The molecule has 5 aliphatic rings. The highest BCUT2D eigenvalue weighted by Gasteiger charge is 2.51. The second-order valence-corrected chi connectivity index (χ2v) is 14.8. The van der Waals surface area contributed by atoms with E-state index in [1.165, 1.54) is 42.4 Å². The van der Waals surface area contributed by atoms with E-state index in [1.807, 2.05) is 0 Å². The van der Waals surface area contributed by atoms with Gasteiger partial charge in [0.1, 0.15) is 5.25 Å². The van der Waals surface area contributed by atoms with Gasteiger partial charge in [0, 0.05) is 0 Å². The van der Waals surface area contributed by atoms with Crippen LogP contribution in [0.5, 0.6) is 0 Å². The molecular weight excluding hydrogens is 428 g/mol. The van der Waals surface area contributed by atoms with Crippen molar-refractivity contribution < 1.29 is 13.5 Å². The second kappa shape index (κ2) is 8.66. The summed E-state index contributed by atoms with van der Waals surface area (Å²) in [5.74, 6) is 3.35. The van der Waals surface area contributed by atoms with Crippen LogP contribution in [-0.2, 0) is 9.84 Å². The number of rotatable bonds is 5. The Morgan fingerprint density at radius 2 is 1.85 bits per heavy atom. The molecule has 3 nitrogen and oxygen atoms in total. The Bertz CT molecular complexity index is 969. The fraction of sp³-hybridized carbons (Fsp3) is 0.793. The summed E-state index contributed by atoms with van der Waals surface area (Å²) in [5, 5.41) is 9.94. The molecule has 0 amide bonds. The Morgan fingerprint density at radius 1 is 1.09 bits per heavy atom. The predicted molar refractivity (Wildman–Crippen MR) is 135 cm³/mol. The summed E-state index contributed by atoms with van der Waals surface area (Å²) in [6, 6.07) is 0. The van der Waals surface area contributed by atoms with E-state index in [2.05, 4.69) is 45.9 Å². The lowest BCUT2D eigenvalue weighted by Crippen LogP contribution is -2.36. The normalized spacial score (nSPS) is 43.7. The predicted octanol–water partition coefficient (Wildman–Crippen LogP) is 6.25. The molecule has 8 atom stereocenters. The standard InChI is InChI=1S/C29H44O3S/c1-18-14-20(3)24-17-33(31,32)28(23(24)15-18)16-22-6-5-13-29(4)25(10-11-26(22)29)19(2)7-12-27(30)21-8-9-21/h7,12,16,18-21,25-28,30H,5-6,8-11,13-15,17H2,1-4H3/b12-7+,22-16+/t18-,19+,20-,25-,26-,27+,28+,29+/m0/s1. The summed E-state index contributed by atoms with van der Waals surface area (Å²) in [4.78, 5) is 0. The van der Waals surface area contributed by atoms with Gasteiger partial charge in [0.2, 0.25) is 0 Å². The van der Waals surface area contributed by atoms with Gasteiger partial charge in [0.15, 0.2) is 9.84 Å². The lowest BCUT2D eigenvalue weighted by molar-refractivity contribution is 0.111. The topological polar surface area (TPSA) is 54.4 Å². The summed E-state index contributed by atoms with van der Waals surface area (Å²) in [7, 11) is -3.11. The zero-order valence-corrected chi connectivity index (χ0v) is 21.9. The van der Waals surface area contributed by atoms with Crippen molar-refractivity contribution in [3.8, 4) is 0 Å². The van der Waals surface area contributed by atoms with Crippen molar-refractivity contribution in [1.29, 1.82) is 0 Å². The van der Waals surface area contributed by atoms with E-state index in [1.54, 1.807) is 0 Å². The Kier molecular flexibility index (Phi) is 6.26. The molecule has 0 radical (unpaired) electrons. The minimum Gasteiger partial charge on any atom is -0.389 e. The number of aliphatic hydroxyl groups is 1. The highest BCUT2D eigenvalue weighted by atomic mass is 32.2. The number of hydrogen-bond acceptors (Lipinski definition) is 3. The molecule has 4 aliphatic carbocycles. The minimum absolute atomic E-state index is 0.241. The third kappa shape index (κ3) is 4.33. The van der Waals surface area contributed by atoms with Gasteiger partial charge in [0.05, 0.1) is 11.9 Å². The number of hydrogen-bond donors (Lipinski definition) is 1. The molecule has 0 aromatic carbocycles. The SMILES string of the molecule is C[C@@H]1CC2=C(CS(=O)(=O)[C@@H]2/C=C2\CCC[C@@]3(C)[C@H]2CC[C@H]3[C@H](C)/C=C/[C@@H](O)C2CC2)[C@@H](C)C1. The Morgan fingerprint density at radius 3 is 2.58 bits per heavy atom. The molecule has 1 heterocycles. The fourth-order valence-electron chi connectivity index (χ4n) is 8.27. The second-order valence-electron chi connectivity index (χ2n) is 12.6. The quantitative estimate of drug-likeness (QED) is 0.481. The maximum absolute atomic E-state index is 13.3. The van der Waals surface area contributed by atoms with Crippen molar-refractivity contribution in [3.63, 3.8) is 0 Å². The Hall–Kier alpha value is -0.870. The first-order valence-electron chi connectivity index (χ1n) is 13.6. The molecule has 0 saturated heterocycles. The molecule has 1 N–H and O–H groups in total. The Balaban J connectivity index is 1.39. The molecular formula is C29H44O3S. The molecule has 3 fully saturated rings. The van der Waals surface area contributed by atoms with Gasteiger partial charge >= 0.3 is 0 Å². The van der Waals surface area contributed by atoms with Crippen molar-refractivity contribution >= 4 is 9.84 Å². The maximum Gasteiger partial charge on any atom is 0.164 e. The van der Waals surface area contributed by atoms with Crippen molar-refractivity contribution in [1.82, 2.24) is 0 Å². The number of sulfone groups is 1. The van der Waals surface area contributed by atoms with Gasteiger partial charge in [-0.1, -0.05) is 57.1 Å². The monoisotopic (exact) mass is 472 g/mol. The van der Waals surface area contributed by atoms with Crippen LogP contribution in [0.25, 0.3) is 0 Å². The van der Waals surface area contributed by atoms with Gasteiger partial charge in [-0.25, -0.2) is 8.42 Å². The summed E-state index contributed by atoms with van der Waals surface area (Å²) < 4.78 is 26.6. The van der Waals surface area contributed by atoms with Gasteiger partial charge in [-0.15, -0.1) is 0 Å². The molecule has 5 rings (SSSR count). The average Bonchev–Trinajstić information content (AvgIpc) is 3.48. The number of allylic oxidation sites excluding steroid dienone is 2. The number of fused-ring (bicyclic) bond motifs is 1. The zero-order valence-electron chi connectivity index (χ0n) is 21.1. The lowest BCUT2D eigenvalue weighted by Gasteiger charge is -2.44. The van der Waals surface area contributed by atoms with Crippen molar-refractivity contribution in [2.75, 3.05) is 5.75 Å². The van der Waals surface area contributed by atoms with Gasteiger partial charge in [0.25, 0.3) is 0 Å². The van der Waals surface area contributed by atoms with Crippen LogP contribution in [0, 0.1) is 40.9 Å². The summed E-state index contributed by atoms with van der Waals surface area (Å²) >= 11 is 0. The first kappa shape index (κ1) is 23.9. The average molecular weight is 473 g/mol. The van der Waals surface area contributed by atoms with Crippen molar-refractivity contribution in [3.05, 3.63) is 34.9 Å². The van der Waals surface area contributed by atoms with E-state index in [0.717, 1.165) is 32.1 Å². The van der Waals surface area contributed by atoms with Crippen LogP contribution in [-0.4, -0.2) is 30.6 Å². The largest absolute Gasteiger partial charge is 0.389 e. The van der Waals surface area contributed by atoms with E-state index in [0.29, 0.717) is 41.3 Å². The molecule has 33 heavy (non-hydrogen) atoms. The number of aliphatic hydroxyl groups excluding tert-OH is 1. The van der Waals surface area contributed by atoms with Gasteiger partial charge < -0.3 is 5.11 Å².